The van der Waals surface area contributed by atoms with Gasteiger partial charge in [0.05, 0.1) is 11.1 Å². The molecule has 0 fully saturated rings. The maximum Gasteiger partial charge on any atom is 0.390 e. The van der Waals surface area contributed by atoms with Crippen molar-refractivity contribution in [3.63, 3.8) is 0 Å². The Hall–Kier alpha value is -3.18. The number of rotatable bonds is 1. The van der Waals surface area contributed by atoms with Crippen LogP contribution in [-0.4, -0.2) is 5.97 Å². The van der Waals surface area contributed by atoms with Crippen LogP contribution < -0.4 is 4.74 Å². The highest BCUT2D eigenvalue weighted by atomic mass is 19.1. The molecular weight excluding hydrogens is 288 g/mol. The van der Waals surface area contributed by atoms with Crippen molar-refractivity contribution in [1.82, 2.24) is 0 Å². The number of hydrogen-bond acceptors (Lipinski definition) is 3. The lowest BCUT2D eigenvalue weighted by molar-refractivity contribution is -0.128. The number of hydrogen-bond donors (Lipinski definition) is 0. The topological polar surface area (TPSA) is 50.1 Å². The third-order valence-corrected chi connectivity index (χ3v) is 2.70. The van der Waals surface area contributed by atoms with Crippen molar-refractivity contribution < 1.29 is 18.3 Å². The molecule has 0 heterocycles. The standard InChI is InChI=1S/C17H9F2NO2/c1-11-2-3-12(15(18)8-11)5-7-17(21)22-14-6-4-13(10-20)16(19)9-14/h2-4,6,8-9H,1H3. The summed E-state index contributed by atoms with van der Waals surface area (Å²) in [5.41, 5.74) is 0.639. The molecule has 0 saturated carbocycles. The van der Waals surface area contributed by atoms with Gasteiger partial charge in [-0.05, 0) is 36.8 Å². The van der Waals surface area contributed by atoms with E-state index in [1.54, 1.807) is 19.1 Å². The SMILES string of the molecule is Cc1ccc(C#CC(=O)Oc2ccc(C#N)c(F)c2)c(F)c1. The molecule has 0 atom stereocenters. The van der Waals surface area contributed by atoms with Crippen LogP contribution in [0, 0.1) is 41.7 Å². The van der Waals surface area contributed by atoms with Crippen molar-refractivity contribution in [2.24, 2.45) is 0 Å². The van der Waals surface area contributed by atoms with Crippen molar-refractivity contribution in [3.05, 3.63) is 64.7 Å². The van der Waals surface area contributed by atoms with Crippen LogP contribution in [0.3, 0.4) is 0 Å². The molecule has 108 valence electrons. The number of nitrogens with zero attached hydrogens (tertiary/aromatic N) is 1. The molecule has 0 N–H and O–H groups in total. The van der Waals surface area contributed by atoms with Gasteiger partial charge in [0.25, 0.3) is 0 Å². The largest absolute Gasteiger partial charge is 0.417 e. The molecule has 2 aromatic carbocycles. The zero-order chi connectivity index (χ0) is 16.1. The van der Waals surface area contributed by atoms with Crippen molar-refractivity contribution in [2.45, 2.75) is 6.92 Å². The van der Waals surface area contributed by atoms with Crippen LogP contribution in [0.4, 0.5) is 8.78 Å². The van der Waals surface area contributed by atoms with Crippen molar-refractivity contribution >= 4 is 5.97 Å². The van der Waals surface area contributed by atoms with Crippen molar-refractivity contribution in [3.8, 4) is 23.7 Å². The highest BCUT2D eigenvalue weighted by Crippen LogP contribution is 2.16. The van der Waals surface area contributed by atoms with Gasteiger partial charge < -0.3 is 4.74 Å². The lowest BCUT2D eigenvalue weighted by atomic mass is 10.1. The van der Waals surface area contributed by atoms with E-state index in [-0.39, 0.29) is 16.9 Å². The van der Waals surface area contributed by atoms with Gasteiger partial charge in [-0.1, -0.05) is 12.0 Å². The monoisotopic (exact) mass is 297 g/mol. The third kappa shape index (κ3) is 3.68. The van der Waals surface area contributed by atoms with Gasteiger partial charge in [0.1, 0.15) is 23.5 Å². The molecule has 0 aliphatic carbocycles. The Kier molecular flexibility index (Phi) is 4.50. The van der Waals surface area contributed by atoms with E-state index in [2.05, 4.69) is 11.8 Å². The van der Waals surface area contributed by atoms with Gasteiger partial charge >= 0.3 is 5.97 Å². The first-order valence-electron chi connectivity index (χ1n) is 6.19. The minimum atomic E-state index is -0.955. The summed E-state index contributed by atoms with van der Waals surface area (Å²) in [6.45, 7) is 1.73. The molecule has 2 rings (SSSR count). The first-order chi connectivity index (χ1) is 10.5. The number of nitriles is 1. The van der Waals surface area contributed by atoms with Gasteiger partial charge in [-0.15, -0.1) is 0 Å². The Morgan fingerprint density at radius 1 is 1.09 bits per heavy atom. The molecule has 0 bridgehead atoms. The Bertz CT molecular complexity index is 842. The van der Waals surface area contributed by atoms with Gasteiger partial charge in [-0.3, -0.25) is 0 Å². The maximum atomic E-state index is 13.5. The van der Waals surface area contributed by atoms with E-state index in [4.69, 9.17) is 10.00 Å². The Labute approximate surface area is 125 Å². The number of benzene rings is 2. The smallest absolute Gasteiger partial charge is 0.390 e. The fourth-order valence-corrected chi connectivity index (χ4v) is 1.62. The first kappa shape index (κ1) is 15.2. The summed E-state index contributed by atoms with van der Waals surface area (Å²) >= 11 is 0. The van der Waals surface area contributed by atoms with Crippen molar-refractivity contribution in [2.75, 3.05) is 0 Å². The highest BCUT2D eigenvalue weighted by Gasteiger charge is 2.06. The summed E-state index contributed by atoms with van der Waals surface area (Å²) in [7, 11) is 0. The fourth-order valence-electron chi connectivity index (χ4n) is 1.62. The molecule has 0 radical (unpaired) electrons. The molecule has 5 heteroatoms. The van der Waals surface area contributed by atoms with Crippen LogP contribution in [-0.2, 0) is 4.79 Å². The summed E-state index contributed by atoms with van der Waals surface area (Å²) in [5, 5.41) is 8.59. The Balaban J connectivity index is 2.13. The third-order valence-electron chi connectivity index (χ3n) is 2.70. The lowest BCUT2D eigenvalue weighted by Crippen LogP contribution is -2.05. The predicted octanol–water partition coefficient (Wildman–Crippen LogP) is 3.10. The van der Waals surface area contributed by atoms with E-state index in [0.717, 1.165) is 11.6 Å². The number of halogens is 2. The summed E-state index contributed by atoms with van der Waals surface area (Å²) in [6, 6.07) is 9.42. The molecular formula is C17H9F2NO2. The van der Waals surface area contributed by atoms with E-state index in [1.807, 2.05) is 0 Å². The molecule has 0 spiro atoms. The predicted molar refractivity (Wildman–Crippen MR) is 74.8 cm³/mol. The van der Waals surface area contributed by atoms with Crippen molar-refractivity contribution in [1.29, 1.82) is 5.26 Å². The Morgan fingerprint density at radius 2 is 1.77 bits per heavy atom. The molecule has 0 aliphatic heterocycles. The van der Waals surface area contributed by atoms with Gasteiger partial charge in [-0.25, -0.2) is 13.6 Å². The fraction of sp³-hybridized carbons (Fsp3) is 0.0588. The van der Waals surface area contributed by atoms with E-state index in [9.17, 15) is 13.6 Å². The average Bonchev–Trinajstić information content (AvgIpc) is 2.46. The molecule has 3 nitrogen and oxygen atoms in total. The number of aryl methyl sites for hydroxylation is 1. The van der Waals surface area contributed by atoms with Crippen LogP contribution in [0.25, 0.3) is 0 Å². The van der Waals surface area contributed by atoms with Gasteiger partial charge in [0, 0.05) is 12.0 Å². The van der Waals surface area contributed by atoms with Gasteiger partial charge in [0.2, 0.25) is 0 Å². The van der Waals surface area contributed by atoms with Gasteiger partial charge in [0.15, 0.2) is 0 Å². The second-order valence-corrected chi connectivity index (χ2v) is 4.38. The average molecular weight is 297 g/mol. The second-order valence-electron chi connectivity index (χ2n) is 4.38. The Morgan fingerprint density at radius 3 is 2.41 bits per heavy atom. The lowest BCUT2D eigenvalue weighted by Gasteiger charge is -2.00. The maximum absolute atomic E-state index is 13.5. The van der Waals surface area contributed by atoms with Gasteiger partial charge in [-0.2, -0.15) is 5.26 Å². The number of esters is 1. The van der Waals surface area contributed by atoms with Crippen LogP contribution in [0.2, 0.25) is 0 Å². The van der Waals surface area contributed by atoms with Crippen LogP contribution in [0.5, 0.6) is 5.75 Å². The molecule has 0 unspecified atom stereocenters. The summed E-state index contributed by atoms with van der Waals surface area (Å²) < 4.78 is 31.7. The summed E-state index contributed by atoms with van der Waals surface area (Å²) in [4.78, 5) is 11.5. The number of carbonyl (C=O) groups is 1. The van der Waals surface area contributed by atoms with E-state index in [1.165, 1.54) is 24.3 Å². The number of ether oxygens (including phenoxy) is 1. The quantitative estimate of drug-likeness (QED) is 0.462. The van der Waals surface area contributed by atoms with Crippen LogP contribution in [0.15, 0.2) is 36.4 Å². The van der Waals surface area contributed by atoms with E-state index in [0.29, 0.717) is 0 Å². The zero-order valence-corrected chi connectivity index (χ0v) is 11.5. The molecule has 0 saturated heterocycles. The number of carbonyl (C=O) groups excluding carboxylic acids is 1. The van der Waals surface area contributed by atoms with Crippen LogP contribution in [0.1, 0.15) is 16.7 Å². The minimum absolute atomic E-state index is 0.0635. The summed E-state index contributed by atoms with van der Waals surface area (Å²) in [6.07, 6.45) is 0. The summed E-state index contributed by atoms with van der Waals surface area (Å²) in [5.74, 6) is 2.09. The minimum Gasteiger partial charge on any atom is -0.417 e. The molecule has 0 aromatic heterocycles. The molecule has 22 heavy (non-hydrogen) atoms. The van der Waals surface area contributed by atoms with E-state index >= 15 is 0 Å². The van der Waals surface area contributed by atoms with Crippen LogP contribution >= 0.6 is 0 Å². The molecule has 0 aliphatic rings. The first-order valence-corrected chi connectivity index (χ1v) is 6.19. The van der Waals surface area contributed by atoms with E-state index < -0.39 is 17.6 Å². The normalized spacial score (nSPS) is 9.36. The second kappa shape index (κ2) is 6.51. The zero-order valence-electron chi connectivity index (χ0n) is 11.5. The molecule has 0 amide bonds. The highest BCUT2D eigenvalue weighted by molar-refractivity contribution is 5.90. The molecule has 2 aromatic rings.